The highest BCUT2D eigenvalue weighted by molar-refractivity contribution is 7.80. The smallest absolute Gasteiger partial charge is 0.196 e. The SMILES string of the molecule is Fc1ccc(NC(=S)Nc2ccc(F)c(F)c2F)c(F)c1F. The van der Waals surface area contributed by atoms with Crippen molar-refractivity contribution in [1.82, 2.24) is 0 Å². The highest BCUT2D eigenvalue weighted by atomic mass is 32.1. The molecule has 0 bridgehead atoms. The fourth-order valence-electron chi connectivity index (χ4n) is 1.52. The molecule has 0 aliphatic rings. The second-order valence-electron chi connectivity index (χ2n) is 4.02. The highest BCUT2D eigenvalue weighted by Crippen LogP contribution is 2.22. The molecule has 0 saturated heterocycles. The zero-order chi connectivity index (χ0) is 16.4. The highest BCUT2D eigenvalue weighted by Gasteiger charge is 2.16. The largest absolute Gasteiger partial charge is 0.330 e. The van der Waals surface area contributed by atoms with Crippen molar-refractivity contribution in [3.8, 4) is 0 Å². The summed E-state index contributed by atoms with van der Waals surface area (Å²) in [6.07, 6.45) is 0. The van der Waals surface area contributed by atoms with Crippen molar-refractivity contribution in [3.05, 3.63) is 59.2 Å². The normalized spacial score (nSPS) is 10.5. The summed E-state index contributed by atoms with van der Waals surface area (Å²) < 4.78 is 78.4. The van der Waals surface area contributed by atoms with Crippen LogP contribution >= 0.6 is 12.2 Å². The van der Waals surface area contributed by atoms with E-state index in [1.54, 1.807) is 0 Å². The van der Waals surface area contributed by atoms with Crippen molar-refractivity contribution in [2.24, 2.45) is 0 Å². The van der Waals surface area contributed by atoms with Gasteiger partial charge in [0, 0.05) is 0 Å². The lowest BCUT2D eigenvalue weighted by molar-refractivity contribution is 0.449. The maximum Gasteiger partial charge on any atom is 0.196 e. The fourth-order valence-corrected chi connectivity index (χ4v) is 1.74. The molecule has 0 radical (unpaired) electrons. The molecular weight excluding hydrogens is 330 g/mol. The Bertz CT molecular complexity index is 688. The van der Waals surface area contributed by atoms with Gasteiger partial charge < -0.3 is 10.6 Å². The number of thiocarbonyl (C=S) groups is 1. The minimum absolute atomic E-state index is 0.435. The van der Waals surface area contributed by atoms with E-state index >= 15 is 0 Å². The number of hydrogen-bond donors (Lipinski definition) is 2. The van der Waals surface area contributed by atoms with Gasteiger partial charge in [0.2, 0.25) is 0 Å². The molecule has 2 rings (SSSR count). The van der Waals surface area contributed by atoms with Crippen LogP contribution in [0.25, 0.3) is 0 Å². The van der Waals surface area contributed by atoms with E-state index in [-0.39, 0.29) is 0 Å². The van der Waals surface area contributed by atoms with E-state index in [1.807, 2.05) is 0 Å². The minimum atomic E-state index is -1.72. The molecule has 0 heterocycles. The third-order valence-electron chi connectivity index (χ3n) is 2.57. The molecular formula is C13H6F6N2S. The Labute approximate surface area is 125 Å². The number of halogens is 6. The van der Waals surface area contributed by atoms with E-state index in [9.17, 15) is 26.3 Å². The van der Waals surface area contributed by atoms with Crippen molar-refractivity contribution in [2.75, 3.05) is 10.6 Å². The van der Waals surface area contributed by atoms with Crippen LogP contribution in [0.15, 0.2) is 24.3 Å². The summed E-state index contributed by atoms with van der Waals surface area (Å²) in [4.78, 5) is 0. The standard InChI is InChI=1S/C13H6F6N2S/c14-5-1-3-7(11(18)9(5)16)20-13(22)21-8-4-2-6(15)10(17)12(8)19/h1-4H,(H2,20,21,22). The quantitative estimate of drug-likeness (QED) is 0.485. The average Bonchev–Trinajstić information content (AvgIpc) is 2.48. The number of anilines is 2. The average molecular weight is 336 g/mol. The fraction of sp³-hybridized carbons (Fsp3) is 0. The molecule has 0 aliphatic carbocycles. The zero-order valence-corrected chi connectivity index (χ0v) is 11.3. The van der Waals surface area contributed by atoms with Crippen LogP contribution in [0.1, 0.15) is 0 Å². The van der Waals surface area contributed by atoms with Crippen LogP contribution in [-0.4, -0.2) is 5.11 Å². The first-order valence-electron chi connectivity index (χ1n) is 5.66. The van der Waals surface area contributed by atoms with Crippen LogP contribution in [0.5, 0.6) is 0 Å². The maximum atomic E-state index is 13.4. The lowest BCUT2D eigenvalue weighted by Crippen LogP contribution is -2.21. The van der Waals surface area contributed by atoms with Crippen molar-refractivity contribution >= 4 is 28.7 Å². The molecule has 22 heavy (non-hydrogen) atoms. The predicted molar refractivity (Wildman–Crippen MR) is 72.5 cm³/mol. The van der Waals surface area contributed by atoms with Crippen LogP contribution in [0.2, 0.25) is 0 Å². The van der Waals surface area contributed by atoms with Gasteiger partial charge in [-0.1, -0.05) is 0 Å². The van der Waals surface area contributed by atoms with Gasteiger partial charge in [0.25, 0.3) is 0 Å². The van der Waals surface area contributed by atoms with Crippen molar-refractivity contribution in [1.29, 1.82) is 0 Å². The Morgan fingerprint density at radius 2 is 1.00 bits per heavy atom. The monoisotopic (exact) mass is 336 g/mol. The summed E-state index contributed by atoms with van der Waals surface area (Å²) in [7, 11) is 0. The van der Waals surface area contributed by atoms with E-state index in [2.05, 4.69) is 10.6 Å². The molecule has 2 aromatic rings. The summed E-state index contributed by atoms with van der Waals surface area (Å²) in [6.45, 7) is 0. The number of rotatable bonds is 2. The van der Waals surface area contributed by atoms with Gasteiger partial charge in [0.15, 0.2) is 40.0 Å². The van der Waals surface area contributed by atoms with E-state index in [1.165, 1.54) is 0 Å². The molecule has 0 aliphatic heterocycles. The van der Waals surface area contributed by atoms with Gasteiger partial charge in [-0.3, -0.25) is 0 Å². The van der Waals surface area contributed by atoms with Gasteiger partial charge in [-0.15, -0.1) is 0 Å². The Morgan fingerprint density at radius 3 is 1.36 bits per heavy atom. The molecule has 0 saturated carbocycles. The molecule has 0 unspecified atom stereocenters. The lowest BCUT2D eigenvalue weighted by atomic mass is 10.2. The first kappa shape index (κ1) is 16.1. The lowest BCUT2D eigenvalue weighted by Gasteiger charge is -2.12. The van der Waals surface area contributed by atoms with Gasteiger partial charge in [-0.25, -0.2) is 26.3 Å². The molecule has 2 N–H and O–H groups in total. The summed E-state index contributed by atoms with van der Waals surface area (Å²) in [5.41, 5.74) is -1.03. The summed E-state index contributed by atoms with van der Waals surface area (Å²) >= 11 is 4.70. The van der Waals surface area contributed by atoms with Gasteiger partial charge in [-0.2, -0.15) is 0 Å². The van der Waals surface area contributed by atoms with Crippen LogP contribution in [-0.2, 0) is 0 Å². The Hall–Kier alpha value is -2.29. The number of nitrogens with one attached hydrogen (secondary N) is 2. The third-order valence-corrected chi connectivity index (χ3v) is 2.77. The van der Waals surface area contributed by atoms with Gasteiger partial charge in [0.1, 0.15) is 0 Å². The molecule has 0 spiro atoms. The second-order valence-corrected chi connectivity index (χ2v) is 4.43. The Kier molecular flexibility index (Phi) is 4.55. The molecule has 0 atom stereocenters. The van der Waals surface area contributed by atoms with Crippen LogP contribution in [0, 0.1) is 34.9 Å². The molecule has 2 aromatic carbocycles. The van der Waals surface area contributed by atoms with Crippen molar-refractivity contribution in [3.63, 3.8) is 0 Å². The summed E-state index contributed by atoms with van der Waals surface area (Å²) in [6, 6.07) is 3.04. The van der Waals surface area contributed by atoms with Crippen molar-refractivity contribution in [2.45, 2.75) is 0 Å². The van der Waals surface area contributed by atoms with Crippen LogP contribution in [0.4, 0.5) is 37.7 Å². The maximum absolute atomic E-state index is 13.4. The Morgan fingerprint density at radius 1 is 0.636 bits per heavy atom. The van der Waals surface area contributed by atoms with Crippen LogP contribution < -0.4 is 10.6 Å². The molecule has 0 amide bonds. The number of benzene rings is 2. The zero-order valence-electron chi connectivity index (χ0n) is 10.5. The summed E-state index contributed by atoms with van der Waals surface area (Å²) in [5.74, 6) is -9.29. The molecule has 0 aromatic heterocycles. The van der Waals surface area contributed by atoms with E-state index < -0.39 is 51.4 Å². The predicted octanol–water partition coefficient (Wildman–Crippen LogP) is 4.33. The summed E-state index contributed by atoms with van der Waals surface area (Å²) in [5, 5.41) is 3.85. The third kappa shape index (κ3) is 3.14. The van der Waals surface area contributed by atoms with E-state index in [4.69, 9.17) is 12.2 Å². The second kappa shape index (κ2) is 6.22. The molecule has 2 nitrogen and oxygen atoms in total. The first-order valence-corrected chi connectivity index (χ1v) is 6.07. The van der Waals surface area contributed by atoms with Crippen LogP contribution in [0.3, 0.4) is 0 Å². The van der Waals surface area contributed by atoms with Crippen molar-refractivity contribution < 1.29 is 26.3 Å². The molecule has 116 valence electrons. The first-order chi connectivity index (χ1) is 10.3. The van der Waals surface area contributed by atoms with Gasteiger partial charge >= 0.3 is 0 Å². The molecule has 0 fully saturated rings. The topological polar surface area (TPSA) is 24.1 Å². The Balaban J connectivity index is 2.18. The van der Waals surface area contributed by atoms with E-state index in [0.717, 1.165) is 12.1 Å². The van der Waals surface area contributed by atoms with Gasteiger partial charge in [-0.05, 0) is 36.5 Å². The number of hydrogen-bond acceptors (Lipinski definition) is 1. The molecule has 9 heteroatoms. The minimum Gasteiger partial charge on any atom is -0.330 e. The van der Waals surface area contributed by atoms with E-state index in [0.29, 0.717) is 12.1 Å². The van der Waals surface area contributed by atoms with Gasteiger partial charge in [0.05, 0.1) is 11.4 Å².